The van der Waals surface area contributed by atoms with Crippen molar-refractivity contribution in [3.8, 4) is 0 Å². The second-order valence-corrected chi connectivity index (χ2v) is 4.71. The largest absolute Gasteiger partial charge is 0.254 e. The Bertz CT molecular complexity index is 575. The summed E-state index contributed by atoms with van der Waals surface area (Å²) in [6.45, 7) is 8.28. The first-order valence-electron chi connectivity index (χ1n) is 6.12. The number of aryl methyl sites for hydroxylation is 4. The molecule has 2 rings (SSSR count). The van der Waals surface area contributed by atoms with Gasteiger partial charge in [0.2, 0.25) is 0 Å². The monoisotopic (exact) mass is 238 g/mol. The first-order valence-corrected chi connectivity index (χ1v) is 6.12. The molecule has 0 radical (unpaired) electrons. The van der Waals surface area contributed by atoms with Crippen molar-refractivity contribution in [2.45, 2.75) is 27.7 Å². The molecule has 0 aliphatic carbocycles. The molecule has 2 aromatic rings. The summed E-state index contributed by atoms with van der Waals surface area (Å²) in [5.41, 5.74) is 6.64. The Balaban J connectivity index is 2.35. The first kappa shape index (κ1) is 12.5. The van der Waals surface area contributed by atoms with E-state index in [2.05, 4.69) is 42.9 Å². The Labute approximate surface area is 108 Å². The third-order valence-corrected chi connectivity index (χ3v) is 2.87. The first-order chi connectivity index (χ1) is 8.56. The number of rotatable bonds is 2. The predicted octanol–water partition coefficient (Wildman–Crippen LogP) is 4.07. The SMILES string of the molecule is Cc1cc(C)c(/N=C/c2cccc(C)n2)c(C)c1. The highest BCUT2D eigenvalue weighted by molar-refractivity contribution is 5.80. The minimum absolute atomic E-state index is 0.898. The molecule has 0 aliphatic rings. The Morgan fingerprint density at radius 1 is 1.00 bits per heavy atom. The summed E-state index contributed by atoms with van der Waals surface area (Å²) in [5, 5.41) is 0. The van der Waals surface area contributed by atoms with Crippen LogP contribution in [0.2, 0.25) is 0 Å². The molecule has 0 saturated carbocycles. The summed E-state index contributed by atoms with van der Waals surface area (Å²) in [6.07, 6.45) is 1.83. The quantitative estimate of drug-likeness (QED) is 0.724. The van der Waals surface area contributed by atoms with E-state index in [1.165, 1.54) is 16.7 Å². The summed E-state index contributed by atoms with van der Waals surface area (Å²) in [4.78, 5) is 8.99. The molecule has 0 amide bonds. The molecule has 0 fully saturated rings. The van der Waals surface area contributed by atoms with Crippen LogP contribution in [0.25, 0.3) is 0 Å². The standard InChI is InChI=1S/C16H18N2/c1-11-8-12(2)16(13(3)9-11)17-10-15-7-5-6-14(4)18-15/h5-10H,1-4H3/b17-10+. The van der Waals surface area contributed by atoms with Crippen molar-refractivity contribution in [3.05, 3.63) is 58.4 Å². The van der Waals surface area contributed by atoms with Gasteiger partial charge in [-0.3, -0.25) is 9.98 Å². The molecule has 2 nitrogen and oxygen atoms in total. The van der Waals surface area contributed by atoms with E-state index >= 15 is 0 Å². The van der Waals surface area contributed by atoms with E-state index in [0.717, 1.165) is 17.1 Å². The maximum absolute atomic E-state index is 4.57. The highest BCUT2D eigenvalue weighted by atomic mass is 14.8. The third-order valence-electron chi connectivity index (χ3n) is 2.87. The van der Waals surface area contributed by atoms with Gasteiger partial charge in [0.1, 0.15) is 0 Å². The fourth-order valence-electron chi connectivity index (χ4n) is 2.14. The maximum atomic E-state index is 4.57. The third kappa shape index (κ3) is 2.83. The second-order valence-electron chi connectivity index (χ2n) is 4.71. The van der Waals surface area contributed by atoms with Gasteiger partial charge >= 0.3 is 0 Å². The lowest BCUT2D eigenvalue weighted by molar-refractivity contribution is 1.18. The molecule has 0 N–H and O–H groups in total. The lowest BCUT2D eigenvalue weighted by atomic mass is 10.1. The molecule has 1 heterocycles. The zero-order valence-corrected chi connectivity index (χ0v) is 11.4. The van der Waals surface area contributed by atoms with Gasteiger partial charge in [0.15, 0.2) is 0 Å². The van der Waals surface area contributed by atoms with Gasteiger partial charge in [0.05, 0.1) is 17.6 Å². The van der Waals surface area contributed by atoms with Crippen LogP contribution in [0, 0.1) is 27.7 Å². The van der Waals surface area contributed by atoms with Gasteiger partial charge in [0.25, 0.3) is 0 Å². The van der Waals surface area contributed by atoms with Crippen LogP contribution in [0.1, 0.15) is 28.1 Å². The molecule has 1 aromatic heterocycles. The molecule has 0 spiro atoms. The minimum Gasteiger partial charge on any atom is -0.254 e. The van der Waals surface area contributed by atoms with Crippen LogP contribution in [-0.2, 0) is 0 Å². The second kappa shape index (κ2) is 5.13. The zero-order chi connectivity index (χ0) is 13.1. The van der Waals surface area contributed by atoms with Crippen LogP contribution in [-0.4, -0.2) is 11.2 Å². The number of benzene rings is 1. The van der Waals surface area contributed by atoms with E-state index in [0.29, 0.717) is 0 Å². The van der Waals surface area contributed by atoms with Gasteiger partial charge in [-0.15, -0.1) is 0 Å². The summed E-state index contributed by atoms with van der Waals surface area (Å²) < 4.78 is 0. The van der Waals surface area contributed by atoms with E-state index in [1.807, 2.05) is 31.3 Å². The molecular weight excluding hydrogens is 220 g/mol. The summed E-state index contributed by atoms with van der Waals surface area (Å²) in [5.74, 6) is 0. The molecule has 1 aromatic carbocycles. The average molecular weight is 238 g/mol. The van der Waals surface area contributed by atoms with Crippen molar-refractivity contribution < 1.29 is 0 Å². The van der Waals surface area contributed by atoms with Gasteiger partial charge in [0, 0.05) is 5.69 Å². The zero-order valence-electron chi connectivity index (χ0n) is 11.4. The Hall–Kier alpha value is -1.96. The van der Waals surface area contributed by atoms with E-state index in [-0.39, 0.29) is 0 Å². The van der Waals surface area contributed by atoms with E-state index in [4.69, 9.17) is 0 Å². The van der Waals surface area contributed by atoms with Gasteiger partial charge in [-0.1, -0.05) is 23.8 Å². The van der Waals surface area contributed by atoms with Crippen molar-refractivity contribution in [2.75, 3.05) is 0 Å². The summed E-state index contributed by atoms with van der Waals surface area (Å²) >= 11 is 0. The average Bonchev–Trinajstić information content (AvgIpc) is 2.27. The highest BCUT2D eigenvalue weighted by Gasteiger charge is 2.01. The lowest BCUT2D eigenvalue weighted by Crippen LogP contribution is -1.90. The normalized spacial score (nSPS) is 11.1. The predicted molar refractivity (Wildman–Crippen MR) is 76.9 cm³/mol. The summed E-state index contributed by atoms with van der Waals surface area (Å²) in [7, 11) is 0. The van der Waals surface area contributed by atoms with Gasteiger partial charge in [-0.05, 0) is 51.0 Å². The van der Waals surface area contributed by atoms with Gasteiger partial charge < -0.3 is 0 Å². The van der Waals surface area contributed by atoms with E-state index in [9.17, 15) is 0 Å². The van der Waals surface area contributed by atoms with Crippen molar-refractivity contribution in [1.82, 2.24) is 4.98 Å². The lowest BCUT2D eigenvalue weighted by Gasteiger charge is -2.06. The fraction of sp³-hybridized carbons (Fsp3) is 0.250. The number of pyridine rings is 1. The van der Waals surface area contributed by atoms with Crippen LogP contribution in [0.4, 0.5) is 5.69 Å². The molecule has 92 valence electrons. The molecule has 0 unspecified atom stereocenters. The number of hydrogen-bond donors (Lipinski definition) is 0. The number of hydrogen-bond acceptors (Lipinski definition) is 2. The smallest absolute Gasteiger partial charge is 0.0815 e. The van der Waals surface area contributed by atoms with Crippen LogP contribution < -0.4 is 0 Å². The van der Waals surface area contributed by atoms with Crippen molar-refractivity contribution >= 4 is 11.9 Å². The number of nitrogens with zero attached hydrogens (tertiary/aromatic N) is 2. The summed E-state index contributed by atoms with van der Waals surface area (Å²) in [6, 6.07) is 10.3. The number of aliphatic imine (C=N–C) groups is 1. The molecule has 0 atom stereocenters. The van der Waals surface area contributed by atoms with Gasteiger partial charge in [-0.2, -0.15) is 0 Å². The topological polar surface area (TPSA) is 25.2 Å². The molecule has 18 heavy (non-hydrogen) atoms. The Morgan fingerprint density at radius 3 is 2.28 bits per heavy atom. The number of aromatic nitrogens is 1. The molecule has 2 heteroatoms. The molecule has 0 aliphatic heterocycles. The van der Waals surface area contributed by atoms with Crippen LogP contribution in [0.5, 0.6) is 0 Å². The van der Waals surface area contributed by atoms with Crippen molar-refractivity contribution in [2.24, 2.45) is 4.99 Å². The maximum Gasteiger partial charge on any atom is 0.0815 e. The minimum atomic E-state index is 0.898. The van der Waals surface area contributed by atoms with Crippen LogP contribution in [0.15, 0.2) is 35.3 Å². The highest BCUT2D eigenvalue weighted by Crippen LogP contribution is 2.24. The van der Waals surface area contributed by atoms with Crippen molar-refractivity contribution in [3.63, 3.8) is 0 Å². The molecular formula is C16H18N2. The van der Waals surface area contributed by atoms with Crippen LogP contribution in [0.3, 0.4) is 0 Å². The Morgan fingerprint density at radius 2 is 1.67 bits per heavy atom. The molecule has 0 bridgehead atoms. The fourth-order valence-corrected chi connectivity index (χ4v) is 2.14. The van der Waals surface area contributed by atoms with Crippen LogP contribution >= 0.6 is 0 Å². The van der Waals surface area contributed by atoms with Gasteiger partial charge in [-0.25, -0.2) is 0 Å². The van der Waals surface area contributed by atoms with E-state index in [1.54, 1.807) is 0 Å². The van der Waals surface area contributed by atoms with Crippen molar-refractivity contribution in [1.29, 1.82) is 0 Å². The molecule has 0 saturated heterocycles. The van der Waals surface area contributed by atoms with E-state index < -0.39 is 0 Å². The Kier molecular flexibility index (Phi) is 3.56.